The number of nitrogens with one attached hydrogen (secondary N) is 2. The van der Waals surface area contributed by atoms with E-state index in [1.165, 1.54) is 12.3 Å². The van der Waals surface area contributed by atoms with Gasteiger partial charge in [-0.25, -0.2) is 0 Å². The van der Waals surface area contributed by atoms with E-state index >= 15 is 0 Å². The standard InChI is InChI=1S/C14H20N4O2/c15-8-11-7-13(17-9-11)14(20)16-4-6-18-5-2-1-3-12(18)10-19/h7,9,12,17,19H,1-6,10H2,(H,16,20)/t12-/m0/s1. The zero-order chi connectivity index (χ0) is 14.4. The van der Waals surface area contributed by atoms with Gasteiger partial charge in [-0.3, -0.25) is 9.69 Å². The molecule has 0 aliphatic carbocycles. The number of H-pyrrole nitrogens is 1. The van der Waals surface area contributed by atoms with Crippen molar-refractivity contribution in [1.82, 2.24) is 15.2 Å². The maximum Gasteiger partial charge on any atom is 0.267 e. The Morgan fingerprint density at radius 2 is 2.45 bits per heavy atom. The van der Waals surface area contributed by atoms with Crippen LogP contribution in [-0.4, -0.2) is 53.2 Å². The fourth-order valence-electron chi connectivity index (χ4n) is 2.56. The predicted octanol–water partition coefficient (Wildman–Crippen LogP) is 0.463. The van der Waals surface area contributed by atoms with Crippen LogP contribution in [0.15, 0.2) is 12.3 Å². The SMILES string of the molecule is N#Cc1c[nH]c(C(=O)NCCN2CCCC[C@H]2CO)c1. The molecule has 6 heteroatoms. The van der Waals surface area contributed by atoms with Crippen LogP contribution in [0.4, 0.5) is 0 Å². The van der Waals surface area contributed by atoms with Crippen molar-refractivity contribution in [2.45, 2.75) is 25.3 Å². The van der Waals surface area contributed by atoms with E-state index in [1.54, 1.807) is 0 Å². The Labute approximate surface area is 118 Å². The minimum atomic E-state index is -0.205. The van der Waals surface area contributed by atoms with E-state index in [0.29, 0.717) is 17.8 Å². The van der Waals surface area contributed by atoms with Crippen molar-refractivity contribution in [3.63, 3.8) is 0 Å². The minimum Gasteiger partial charge on any atom is -0.395 e. The number of carbonyl (C=O) groups is 1. The summed E-state index contributed by atoms with van der Waals surface area (Å²) in [4.78, 5) is 16.8. The Kier molecular flexibility index (Phi) is 5.16. The minimum absolute atomic E-state index is 0.177. The number of piperidine rings is 1. The first-order valence-corrected chi connectivity index (χ1v) is 6.96. The molecule has 1 aliphatic rings. The van der Waals surface area contributed by atoms with Crippen LogP contribution in [0.25, 0.3) is 0 Å². The summed E-state index contributed by atoms with van der Waals surface area (Å²) in [6, 6.07) is 3.73. The van der Waals surface area contributed by atoms with Crippen molar-refractivity contribution < 1.29 is 9.90 Å². The lowest BCUT2D eigenvalue weighted by Crippen LogP contribution is -2.45. The van der Waals surface area contributed by atoms with E-state index in [2.05, 4.69) is 15.2 Å². The molecule has 20 heavy (non-hydrogen) atoms. The highest BCUT2D eigenvalue weighted by Gasteiger charge is 2.21. The summed E-state index contributed by atoms with van der Waals surface area (Å²) in [6.07, 6.45) is 4.84. The number of rotatable bonds is 5. The highest BCUT2D eigenvalue weighted by atomic mass is 16.3. The van der Waals surface area contributed by atoms with Crippen molar-refractivity contribution >= 4 is 5.91 Å². The predicted molar refractivity (Wildman–Crippen MR) is 74.1 cm³/mol. The highest BCUT2D eigenvalue weighted by Crippen LogP contribution is 2.15. The molecule has 1 aromatic heterocycles. The molecule has 1 aromatic rings. The second-order valence-corrected chi connectivity index (χ2v) is 5.04. The molecule has 2 rings (SSSR count). The van der Waals surface area contributed by atoms with Gasteiger partial charge in [0.1, 0.15) is 11.8 Å². The van der Waals surface area contributed by atoms with Gasteiger partial charge >= 0.3 is 0 Å². The van der Waals surface area contributed by atoms with Crippen LogP contribution in [0.1, 0.15) is 35.3 Å². The zero-order valence-electron chi connectivity index (χ0n) is 11.4. The average Bonchev–Trinajstić information content (AvgIpc) is 2.96. The van der Waals surface area contributed by atoms with Gasteiger partial charge in [0.25, 0.3) is 5.91 Å². The van der Waals surface area contributed by atoms with Crippen LogP contribution >= 0.6 is 0 Å². The number of nitrogens with zero attached hydrogens (tertiary/aromatic N) is 2. The van der Waals surface area contributed by atoms with Crippen molar-refractivity contribution in [3.05, 3.63) is 23.5 Å². The van der Waals surface area contributed by atoms with Crippen molar-refractivity contribution in [1.29, 1.82) is 5.26 Å². The summed E-state index contributed by atoms with van der Waals surface area (Å²) in [5.74, 6) is -0.205. The molecule has 1 fully saturated rings. The zero-order valence-corrected chi connectivity index (χ0v) is 11.4. The first-order valence-electron chi connectivity index (χ1n) is 6.96. The molecule has 3 N–H and O–H groups in total. The number of likely N-dealkylation sites (tertiary alicyclic amines) is 1. The van der Waals surface area contributed by atoms with E-state index in [4.69, 9.17) is 5.26 Å². The first kappa shape index (κ1) is 14.6. The molecule has 2 heterocycles. The van der Waals surface area contributed by atoms with Gasteiger partial charge in [-0.15, -0.1) is 0 Å². The Hall–Kier alpha value is -1.84. The fraction of sp³-hybridized carbons (Fsp3) is 0.571. The topological polar surface area (TPSA) is 92.1 Å². The number of carbonyl (C=O) groups excluding carboxylic acids is 1. The molecular weight excluding hydrogens is 256 g/mol. The van der Waals surface area contributed by atoms with Gasteiger partial charge in [0.05, 0.1) is 12.2 Å². The number of amides is 1. The smallest absolute Gasteiger partial charge is 0.267 e. The molecule has 0 unspecified atom stereocenters. The number of aromatic amines is 1. The third-order valence-corrected chi connectivity index (χ3v) is 3.70. The monoisotopic (exact) mass is 276 g/mol. The molecule has 0 radical (unpaired) electrons. The molecule has 1 amide bonds. The van der Waals surface area contributed by atoms with E-state index < -0.39 is 0 Å². The van der Waals surface area contributed by atoms with Crippen molar-refractivity contribution in [3.8, 4) is 6.07 Å². The van der Waals surface area contributed by atoms with E-state index in [0.717, 1.165) is 32.4 Å². The molecule has 108 valence electrons. The summed E-state index contributed by atoms with van der Waals surface area (Å²) in [5, 5.41) is 20.8. The maximum absolute atomic E-state index is 11.8. The molecule has 0 aromatic carbocycles. The van der Waals surface area contributed by atoms with Crippen LogP contribution in [0.2, 0.25) is 0 Å². The summed E-state index contributed by atoms with van der Waals surface area (Å²) in [6.45, 7) is 2.43. The number of aromatic nitrogens is 1. The van der Waals surface area contributed by atoms with Gasteiger partial charge in [-0.05, 0) is 25.5 Å². The Morgan fingerprint density at radius 1 is 1.60 bits per heavy atom. The lowest BCUT2D eigenvalue weighted by molar-refractivity contribution is 0.0847. The summed E-state index contributed by atoms with van der Waals surface area (Å²) in [5.41, 5.74) is 0.852. The molecule has 0 spiro atoms. The normalized spacial score (nSPS) is 19.5. The molecular formula is C14H20N4O2. The Balaban J connectivity index is 1.77. The van der Waals surface area contributed by atoms with Gasteiger partial charge in [0.15, 0.2) is 0 Å². The van der Waals surface area contributed by atoms with E-state index in [9.17, 15) is 9.90 Å². The van der Waals surface area contributed by atoms with Crippen LogP contribution in [0.5, 0.6) is 0 Å². The third-order valence-electron chi connectivity index (χ3n) is 3.70. The molecule has 1 saturated heterocycles. The van der Waals surface area contributed by atoms with Crippen molar-refractivity contribution in [2.24, 2.45) is 0 Å². The van der Waals surface area contributed by atoms with Crippen molar-refractivity contribution in [2.75, 3.05) is 26.2 Å². The second kappa shape index (κ2) is 7.08. The van der Waals surface area contributed by atoms with Crippen LogP contribution in [0.3, 0.4) is 0 Å². The number of aliphatic hydroxyl groups excluding tert-OH is 1. The molecule has 0 saturated carbocycles. The third kappa shape index (κ3) is 3.59. The maximum atomic E-state index is 11.8. The number of aliphatic hydroxyl groups is 1. The quantitative estimate of drug-likeness (QED) is 0.728. The molecule has 1 atom stereocenters. The Morgan fingerprint density at radius 3 is 3.15 bits per heavy atom. The summed E-state index contributed by atoms with van der Waals surface area (Å²) >= 11 is 0. The lowest BCUT2D eigenvalue weighted by atomic mass is 10.0. The molecule has 0 bridgehead atoms. The number of hydrogen-bond acceptors (Lipinski definition) is 4. The van der Waals surface area contributed by atoms with Gasteiger partial charge in [0.2, 0.25) is 0 Å². The highest BCUT2D eigenvalue weighted by molar-refractivity contribution is 5.92. The lowest BCUT2D eigenvalue weighted by Gasteiger charge is -2.34. The van der Waals surface area contributed by atoms with Crippen LogP contribution < -0.4 is 5.32 Å². The van der Waals surface area contributed by atoms with E-state index in [-0.39, 0.29) is 18.6 Å². The second-order valence-electron chi connectivity index (χ2n) is 5.04. The number of hydrogen-bond donors (Lipinski definition) is 3. The van der Waals surface area contributed by atoms with Gasteiger partial charge < -0.3 is 15.4 Å². The largest absolute Gasteiger partial charge is 0.395 e. The van der Waals surface area contributed by atoms with Crippen LogP contribution in [-0.2, 0) is 0 Å². The molecule has 6 nitrogen and oxygen atoms in total. The van der Waals surface area contributed by atoms with E-state index in [1.807, 2.05) is 6.07 Å². The summed E-state index contributed by atoms with van der Waals surface area (Å²) < 4.78 is 0. The average molecular weight is 276 g/mol. The van der Waals surface area contributed by atoms with Gasteiger partial charge in [-0.2, -0.15) is 5.26 Å². The van der Waals surface area contributed by atoms with Gasteiger partial charge in [0, 0.05) is 25.3 Å². The summed E-state index contributed by atoms with van der Waals surface area (Å²) in [7, 11) is 0. The molecule has 1 aliphatic heterocycles. The first-order chi connectivity index (χ1) is 9.74. The van der Waals surface area contributed by atoms with Gasteiger partial charge in [-0.1, -0.05) is 6.42 Å². The van der Waals surface area contributed by atoms with Crippen LogP contribution in [0, 0.1) is 11.3 Å². The number of nitriles is 1. The Bertz CT molecular complexity index is 492. The fourth-order valence-corrected chi connectivity index (χ4v) is 2.56.